The average molecular weight is 754 g/mol. The van der Waals surface area contributed by atoms with Gasteiger partial charge in [-0.3, -0.25) is 0 Å². The smallest absolute Gasteiger partial charge is 0.160 e. The molecule has 1 spiro atoms. The second-order valence-electron chi connectivity index (χ2n) is 17.2. The van der Waals surface area contributed by atoms with Crippen molar-refractivity contribution in [3.8, 4) is 33.4 Å². The van der Waals surface area contributed by atoms with Crippen LogP contribution in [0.3, 0.4) is 0 Å². The first-order valence-electron chi connectivity index (χ1n) is 20.8. The maximum absolute atomic E-state index is 7.12. The van der Waals surface area contributed by atoms with Crippen molar-refractivity contribution in [2.75, 3.05) is 4.90 Å². The van der Waals surface area contributed by atoms with E-state index in [4.69, 9.17) is 4.42 Å². The van der Waals surface area contributed by atoms with Crippen LogP contribution in [0.2, 0.25) is 0 Å². The Morgan fingerprint density at radius 2 is 0.898 bits per heavy atom. The summed E-state index contributed by atoms with van der Waals surface area (Å²) in [6.45, 7) is 6.89. The molecule has 10 aromatic rings. The molecule has 0 N–H and O–H groups in total. The van der Waals surface area contributed by atoms with Gasteiger partial charge in [-0.25, -0.2) is 0 Å². The molecule has 2 heteroatoms. The molecule has 0 unspecified atom stereocenters. The van der Waals surface area contributed by atoms with E-state index in [1.807, 2.05) is 0 Å². The topological polar surface area (TPSA) is 16.4 Å². The highest BCUT2D eigenvalue weighted by Crippen LogP contribution is 2.63. The third-order valence-electron chi connectivity index (χ3n) is 14.0. The lowest BCUT2D eigenvalue weighted by Gasteiger charge is -2.32. The van der Waals surface area contributed by atoms with Gasteiger partial charge in [-0.2, -0.15) is 0 Å². The van der Waals surface area contributed by atoms with E-state index in [9.17, 15) is 0 Å². The van der Waals surface area contributed by atoms with Crippen LogP contribution in [0.4, 0.5) is 17.1 Å². The monoisotopic (exact) mass is 753 g/mol. The Bertz CT molecular complexity index is 3390. The lowest BCUT2D eigenvalue weighted by Crippen LogP contribution is -2.26. The molecule has 1 aromatic heterocycles. The van der Waals surface area contributed by atoms with Gasteiger partial charge in [0, 0.05) is 27.6 Å². The molecule has 3 aliphatic carbocycles. The van der Waals surface area contributed by atoms with Gasteiger partial charge in [0.15, 0.2) is 5.58 Å². The first kappa shape index (κ1) is 32.9. The quantitative estimate of drug-likeness (QED) is 0.179. The zero-order valence-corrected chi connectivity index (χ0v) is 33.2. The number of rotatable bonds is 3. The fraction of sp³-hybridized carbons (Fsp3) is 0.0877. The molecule has 3 aliphatic rings. The fourth-order valence-corrected chi connectivity index (χ4v) is 11.4. The highest BCUT2D eigenvalue weighted by atomic mass is 16.3. The van der Waals surface area contributed by atoms with Crippen LogP contribution in [0.5, 0.6) is 0 Å². The van der Waals surface area contributed by atoms with Gasteiger partial charge in [0.1, 0.15) is 5.58 Å². The molecule has 0 atom stereocenters. The van der Waals surface area contributed by atoms with E-state index < -0.39 is 5.41 Å². The highest BCUT2D eigenvalue weighted by Gasteiger charge is 2.51. The lowest BCUT2D eigenvalue weighted by molar-refractivity contribution is 0.660. The van der Waals surface area contributed by atoms with Crippen LogP contribution < -0.4 is 4.90 Å². The van der Waals surface area contributed by atoms with E-state index in [2.05, 4.69) is 208 Å². The van der Waals surface area contributed by atoms with E-state index in [0.29, 0.717) is 0 Å². The van der Waals surface area contributed by atoms with Crippen LogP contribution in [-0.4, -0.2) is 0 Å². The summed E-state index contributed by atoms with van der Waals surface area (Å²) in [5.41, 5.74) is 21.4. The Kier molecular flexibility index (Phi) is 6.40. The second-order valence-corrected chi connectivity index (χ2v) is 17.2. The number of para-hydroxylation sites is 1. The molecule has 278 valence electrons. The molecule has 0 fully saturated rings. The van der Waals surface area contributed by atoms with Gasteiger partial charge in [-0.15, -0.1) is 0 Å². The van der Waals surface area contributed by atoms with E-state index in [-0.39, 0.29) is 5.41 Å². The first-order chi connectivity index (χ1) is 28.9. The fourth-order valence-electron chi connectivity index (χ4n) is 11.4. The van der Waals surface area contributed by atoms with E-state index >= 15 is 0 Å². The van der Waals surface area contributed by atoms with Crippen molar-refractivity contribution < 1.29 is 4.42 Å². The first-order valence-corrected chi connectivity index (χ1v) is 20.8. The number of nitrogens with zero attached hydrogens (tertiary/aromatic N) is 1. The zero-order chi connectivity index (χ0) is 39.2. The molecule has 0 bridgehead atoms. The molecule has 0 radical (unpaired) electrons. The molecular weight excluding hydrogens is 715 g/mol. The number of furan rings is 1. The molecule has 0 amide bonds. The van der Waals surface area contributed by atoms with Gasteiger partial charge in [0.25, 0.3) is 0 Å². The van der Waals surface area contributed by atoms with Crippen molar-refractivity contribution in [3.05, 3.63) is 221 Å². The molecule has 9 aromatic carbocycles. The van der Waals surface area contributed by atoms with Crippen LogP contribution in [0.1, 0.15) is 52.8 Å². The van der Waals surface area contributed by atoms with Crippen molar-refractivity contribution in [2.45, 2.75) is 31.6 Å². The number of benzene rings is 9. The minimum Gasteiger partial charge on any atom is -0.454 e. The Labute approximate surface area is 343 Å². The summed E-state index contributed by atoms with van der Waals surface area (Å²) in [7, 11) is 0. The van der Waals surface area contributed by atoms with Gasteiger partial charge >= 0.3 is 0 Å². The summed E-state index contributed by atoms with van der Waals surface area (Å²) in [5.74, 6) is 0. The van der Waals surface area contributed by atoms with Crippen LogP contribution >= 0.6 is 0 Å². The van der Waals surface area contributed by atoms with Crippen LogP contribution in [-0.2, 0) is 10.8 Å². The summed E-state index contributed by atoms with van der Waals surface area (Å²) >= 11 is 0. The number of fused-ring (bicyclic) bond motifs is 18. The highest BCUT2D eigenvalue weighted by molar-refractivity contribution is 6.23. The van der Waals surface area contributed by atoms with Crippen LogP contribution in [0.25, 0.3) is 66.1 Å². The van der Waals surface area contributed by atoms with Crippen LogP contribution in [0, 0.1) is 6.92 Å². The van der Waals surface area contributed by atoms with Gasteiger partial charge < -0.3 is 9.32 Å². The molecule has 2 nitrogen and oxygen atoms in total. The van der Waals surface area contributed by atoms with Crippen molar-refractivity contribution in [1.82, 2.24) is 0 Å². The van der Waals surface area contributed by atoms with Crippen molar-refractivity contribution in [3.63, 3.8) is 0 Å². The summed E-state index contributed by atoms with van der Waals surface area (Å²) in [4.78, 5) is 2.48. The molecule has 13 rings (SSSR count). The van der Waals surface area contributed by atoms with E-state index in [1.54, 1.807) is 0 Å². The largest absolute Gasteiger partial charge is 0.454 e. The zero-order valence-electron chi connectivity index (χ0n) is 33.2. The predicted octanol–water partition coefficient (Wildman–Crippen LogP) is 15.2. The van der Waals surface area contributed by atoms with Crippen molar-refractivity contribution in [2.24, 2.45) is 0 Å². The average Bonchev–Trinajstić information content (AvgIpc) is 3.97. The minimum absolute atomic E-state index is 0.163. The van der Waals surface area contributed by atoms with Gasteiger partial charge in [0.2, 0.25) is 0 Å². The molecule has 0 saturated carbocycles. The Balaban J connectivity index is 1.14. The maximum atomic E-state index is 7.12. The number of aryl methyl sites for hydroxylation is 1. The molecule has 1 heterocycles. The molecule has 0 saturated heterocycles. The third-order valence-corrected chi connectivity index (χ3v) is 14.0. The van der Waals surface area contributed by atoms with E-state index in [0.717, 1.165) is 44.6 Å². The number of anilines is 3. The van der Waals surface area contributed by atoms with Crippen LogP contribution in [0.15, 0.2) is 186 Å². The number of hydrogen-bond donors (Lipinski definition) is 0. The summed E-state index contributed by atoms with van der Waals surface area (Å²) in [6.07, 6.45) is 0. The lowest BCUT2D eigenvalue weighted by atomic mass is 9.70. The Morgan fingerprint density at radius 3 is 1.54 bits per heavy atom. The van der Waals surface area contributed by atoms with E-state index in [1.165, 1.54) is 77.5 Å². The van der Waals surface area contributed by atoms with Crippen molar-refractivity contribution >= 4 is 49.8 Å². The maximum Gasteiger partial charge on any atom is 0.160 e. The third kappa shape index (κ3) is 4.11. The summed E-state index contributed by atoms with van der Waals surface area (Å²) in [6, 6.07) is 68.1. The minimum atomic E-state index is -0.461. The molecular formula is C57H39NO. The van der Waals surface area contributed by atoms with Crippen molar-refractivity contribution in [1.29, 1.82) is 0 Å². The SMILES string of the molecule is Cc1cccc2c1oc1c(N(c3ccc4c(c3)C(C)(C)c3ccccc3-4)c3ccc4c(c3)C3(c5ccccc5-c5ccccc53)c3ccccc3-4)cc3ccccc3c12. The Morgan fingerprint density at radius 1 is 0.407 bits per heavy atom. The predicted molar refractivity (Wildman–Crippen MR) is 245 cm³/mol. The Hall–Kier alpha value is -7.16. The van der Waals surface area contributed by atoms with Gasteiger partial charge in [0.05, 0.1) is 11.1 Å². The molecule has 59 heavy (non-hydrogen) atoms. The summed E-state index contributed by atoms with van der Waals surface area (Å²) < 4.78 is 7.12. The molecule has 0 aliphatic heterocycles. The number of hydrogen-bond acceptors (Lipinski definition) is 2. The normalized spacial score (nSPS) is 14.6. The standard InChI is InChI=1S/C57H39NO/c1-34-15-14-22-45-53-38-17-5-4-16-35(38)31-52(55(53)59-54(34)45)58(36-27-29-43-39-18-6-10-23-46(39)56(2,3)50(43)32-36)37-28-30-44-42-21-9-13-26-49(42)57(51(44)33-37)47-24-11-7-19-40(47)41-20-8-12-25-48(41)57/h4-33H,1-3H3. The summed E-state index contributed by atoms with van der Waals surface area (Å²) in [5, 5.41) is 4.68. The second kappa shape index (κ2) is 11.5. The van der Waals surface area contributed by atoms with Gasteiger partial charge in [-0.1, -0.05) is 166 Å². The van der Waals surface area contributed by atoms with Gasteiger partial charge in [-0.05, 0) is 120 Å².